The Balaban J connectivity index is 2.50. The van der Waals surface area contributed by atoms with Gasteiger partial charge in [0.1, 0.15) is 5.01 Å². The molecule has 14 heavy (non-hydrogen) atoms. The van der Waals surface area contributed by atoms with E-state index in [1.54, 1.807) is 18.4 Å². The average Bonchev–Trinajstić information content (AvgIpc) is 2.67. The highest BCUT2D eigenvalue weighted by Crippen LogP contribution is 2.21. The van der Waals surface area contributed by atoms with Crippen LogP contribution in [0.5, 0.6) is 0 Å². The molecule has 0 saturated heterocycles. The number of rotatable bonds is 5. The van der Waals surface area contributed by atoms with E-state index >= 15 is 0 Å². The van der Waals surface area contributed by atoms with Crippen molar-refractivity contribution in [2.45, 2.75) is 32.4 Å². The molecule has 0 aromatic carbocycles. The van der Waals surface area contributed by atoms with Gasteiger partial charge in [0.2, 0.25) is 0 Å². The summed E-state index contributed by atoms with van der Waals surface area (Å²) in [6, 6.07) is 0. The lowest BCUT2D eigenvalue weighted by molar-refractivity contribution is 0.109. The van der Waals surface area contributed by atoms with Gasteiger partial charge in [-0.2, -0.15) is 0 Å². The summed E-state index contributed by atoms with van der Waals surface area (Å²) in [5.74, 6) is 0. The average molecular weight is 214 g/mol. The van der Waals surface area contributed by atoms with Gasteiger partial charge in [0.25, 0.3) is 0 Å². The van der Waals surface area contributed by atoms with E-state index in [4.69, 9.17) is 4.74 Å². The van der Waals surface area contributed by atoms with Crippen molar-refractivity contribution in [1.29, 1.82) is 0 Å². The SMILES string of the molecule is COC(C)CNC(C)(C)c1nccs1. The van der Waals surface area contributed by atoms with Gasteiger partial charge in [0.05, 0.1) is 11.6 Å². The van der Waals surface area contributed by atoms with Gasteiger partial charge in [-0.15, -0.1) is 11.3 Å². The zero-order valence-corrected chi connectivity index (χ0v) is 10.0. The van der Waals surface area contributed by atoms with Crippen molar-refractivity contribution in [3.8, 4) is 0 Å². The number of hydrogen-bond donors (Lipinski definition) is 1. The third-order valence-corrected chi connectivity index (χ3v) is 3.30. The lowest BCUT2D eigenvalue weighted by atomic mass is 10.1. The van der Waals surface area contributed by atoms with Crippen LogP contribution in [0.25, 0.3) is 0 Å². The first kappa shape index (κ1) is 11.6. The molecular weight excluding hydrogens is 196 g/mol. The smallest absolute Gasteiger partial charge is 0.112 e. The summed E-state index contributed by atoms with van der Waals surface area (Å²) in [7, 11) is 1.72. The van der Waals surface area contributed by atoms with E-state index in [0.717, 1.165) is 11.6 Å². The first-order valence-electron chi connectivity index (χ1n) is 4.74. The zero-order valence-electron chi connectivity index (χ0n) is 9.20. The van der Waals surface area contributed by atoms with Crippen LogP contribution in [0.15, 0.2) is 11.6 Å². The van der Waals surface area contributed by atoms with Gasteiger partial charge in [0, 0.05) is 25.2 Å². The topological polar surface area (TPSA) is 34.1 Å². The van der Waals surface area contributed by atoms with E-state index in [1.165, 1.54) is 0 Å². The Morgan fingerprint density at radius 3 is 2.86 bits per heavy atom. The van der Waals surface area contributed by atoms with Gasteiger partial charge in [0.15, 0.2) is 0 Å². The normalized spacial score (nSPS) is 14.3. The molecule has 0 aliphatic heterocycles. The van der Waals surface area contributed by atoms with Gasteiger partial charge in [-0.25, -0.2) is 4.98 Å². The van der Waals surface area contributed by atoms with Crippen molar-refractivity contribution in [2.75, 3.05) is 13.7 Å². The Labute approximate surface area is 89.5 Å². The van der Waals surface area contributed by atoms with E-state index < -0.39 is 0 Å². The molecule has 1 aromatic rings. The molecule has 80 valence electrons. The second-order valence-corrected chi connectivity index (χ2v) is 4.78. The highest BCUT2D eigenvalue weighted by molar-refractivity contribution is 7.09. The standard InChI is InChI=1S/C10H18N2OS/c1-8(13-4)7-12-10(2,3)9-11-5-6-14-9/h5-6,8,12H,7H2,1-4H3. The maximum atomic E-state index is 5.18. The lowest BCUT2D eigenvalue weighted by Gasteiger charge is -2.25. The summed E-state index contributed by atoms with van der Waals surface area (Å²) < 4.78 is 5.18. The second-order valence-electron chi connectivity index (χ2n) is 3.89. The summed E-state index contributed by atoms with van der Waals surface area (Å²) in [5.41, 5.74) is -0.0685. The molecule has 1 aromatic heterocycles. The molecule has 0 bridgehead atoms. The van der Waals surface area contributed by atoms with Crippen LogP contribution >= 0.6 is 11.3 Å². The minimum absolute atomic E-state index is 0.0685. The number of thiazole rings is 1. The predicted molar refractivity (Wildman–Crippen MR) is 59.6 cm³/mol. The number of methoxy groups -OCH3 is 1. The molecule has 1 heterocycles. The first-order chi connectivity index (χ1) is 6.56. The molecule has 0 fully saturated rings. The summed E-state index contributed by atoms with van der Waals surface area (Å²) >= 11 is 1.67. The molecule has 4 heteroatoms. The van der Waals surface area contributed by atoms with E-state index in [9.17, 15) is 0 Å². The Morgan fingerprint density at radius 2 is 2.36 bits per heavy atom. The number of nitrogens with zero attached hydrogens (tertiary/aromatic N) is 1. The fraction of sp³-hybridized carbons (Fsp3) is 0.700. The molecular formula is C10H18N2OS. The molecule has 0 aliphatic carbocycles. The molecule has 3 nitrogen and oxygen atoms in total. The second kappa shape index (κ2) is 4.87. The van der Waals surface area contributed by atoms with Crippen LogP contribution in [0.3, 0.4) is 0 Å². The minimum Gasteiger partial charge on any atom is -0.380 e. The van der Waals surface area contributed by atoms with Crippen LogP contribution < -0.4 is 5.32 Å². The summed E-state index contributed by atoms with van der Waals surface area (Å²) in [6.07, 6.45) is 2.07. The van der Waals surface area contributed by atoms with Crippen LogP contribution in [-0.4, -0.2) is 24.7 Å². The third-order valence-electron chi connectivity index (χ3n) is 2.20. The number of aromatic nitrogens is 1. The molecule has 0 aliphatic rings. The van der Waals surface area contributed by atoms with Crippen molar-refractivity contribution >= 4 is 11.3 Å². The molecule has 1 unspecified atom stereocenters. The van der Waals surface area contributed by atoms with Crippen LogP contribution in [0, 0.1) is 0 Å². The number of ether oxygens (including phenoxy) is 1. The minimum atomic E-state index is -0.0685. The summed E-state index contributed by atoms with van der Waals surface area (Å²) in [6.45, 7) is 7.15. The quantitative estimate of drug-likeness (QED) is 0.814. The number of nitrogens with one attached hydrogen (secondary N) is 1. The predicted octanol–water partition coefficient (Wildman–Crippen LogP) is 2.00. The fourth-order valence-electron chi connectivity index (χ4n) is 1.09. The number of hydrogen-bond acceptors (Lipinski definition) is 4. The molecule has 1 rings (SSSR count). The zero-order chi connectivity index (χ0) is 10.6. The van der Waals surface area contributed by atoms with Crippen molar-refractivity contribution in [1.82, 2.24) is 10.3 Å². The van der Waals surface area contributed by atoms with Gasteiger partial charge in [-0.3, -0.25) is 0 Å². The maximum Gasteiger partial charge on any atom is 0.112 e. The van der Waals surface area contributed by atoms with Gasteiger partial charge < -0.3 is 10.1 Å². The van der Waals surface area contributed by atoms with E-state index in [0.29, 0.717) is 0 Å². The van der Waals surface area contributed by atoms with Crippen LogP contribution in [0.2, 0.25) is 0 Å². The van der Waals surface area contributed by atoms with Gasteiger partial charge >= 0.3 is 0 Å². The van der Waals surface area contributed by atoms with Crippen LogP contribution in [0.4, 0.5) is 0 Å². The highest BCUT2D eigenvalue weighted by Gasteiger charge is 2.22. The van der Waals surface area contributed by atoms with Crippen molar-refractivity contribution in [3.05, 3.63) is 16.6 Å². The maximum absolute atomic E-state index is 5.18. The summed E-state index contributed by atoms with van der Waals surface area (Å²) in [5, 5.41) is 6.55. The van der Waals surface area contributed by atoms with Gasteiger partial charge in [-0.05, 0) is 20.8 Å². The molecule has 1 atom stereocenters. The fourth-order valence-corrected chi connectivity index (χ4v) is 1.83. The lowest BCUT2D eigenvalue weighted by Crippen LogP contribution is -2.40. The third kappa shape index (κ3) is 3.04. The molecule has 1 N–H and O–H groups in total. The molecule has 0 saturated carbocycles. The van der Waals surface area contributed by atoms with Crippen molar-refractivity contribution in [3.63, 3.8) is 0 Å². The molecule has 0 amide bonds. The Kier molecular flexibility index (Phi) is 4.04. The van der Waals surface area contributed by atoms with Crippen LogP contribution in [-0.2, 0) is 10.3 Å². The van der Waals surface area contributed by atoms with E-state index in [1.807, 2.05) is 18.5 Å². The van der Waals surface area contributed by atoms with Gasteiger partial charge in [-0.1, -0.05) is 0 Å². The monoisotopic (exact) mass is 214 g/mol. The summed E-state index contributed by atoms with van der Waals surface area (Å²) in [4.78, 5) is 4.31. The Hall–Kier alpha value is -0.450. The van der Waals surface area contributed by atoms with E-state index in [-0.39, 0.29) is 11.6 Å². The largest absolute Gasteiger partial charge is 0.380 e. The first-order valence-corrected chi connectivity index (χ1v) is 5.62. The van der Waals surface area contributed by atoms with Crippen molar-refractivity contribution < 1.29 is 4.74 Å². The van der Waals surface area contributed by atoms with E-state index in [2.05, 4.69) is 24.1 Å². The highest BCUT2D eigenvalue weighted by atomic mass is 32.1. The Morgan fingerprint density at radius 1 is 1.64 bits per heavy atom. The van der Waals surface area contributed by atoms with Crippen molar-refractivity contribution in [2.24, 2.45) is 0 Å². The molecule has 0 radical (unpaired) electrons. The molecule has 0 spiro atoms. The van der Waals surface area contributed by atoms with Crippen LogP contribution in [0.1, 0.15) is 25.8 Å². The Bertz CT molecular complexity index is 259.